The van der Waals surface area contributed by atoms with E-state index in [1.54, 1.807) is 18.2 Å². The molecular formula is C13H17F2NO4. The molecule has 3 N–H and O–H groups in total. The first-order chi connectivity index (χ1) is 9.52. The molecule has 0 aliphatic carbocycles. The topological polar surface area (TPSA) is 71.0 Å². The fraction of sp³-hybridized carbons (Fsp3) is 0.538. The number of nitrogens with one attached hydrogen (secondary N) is 1. The highest BCUT2D eigenvalue weighted by Crippen LogP contribution is 2.32. The highest BCUT2D eigenvalue weighted by atomic mass is 19.3. The zero-order chi connectivity index (χ0) is 14.6. The second-order valence-corrected chi connectivity index (χ2v) is 4.56. The Morgan fingerprint density at radius 3 is 2.65 bits per heavy atom. The first kappa shape index (κ1) is 15.0. The van der Waals surface area contributed by atoms with E-state index in [-0.39, 0.29) is 6.54 Å². The molecule has 112 valence electrons. The van der Waals surface area contributed by atoms with Crippen LogP contribution in [0.4, 0.5) is 8.78 Å². The lowest BCUT2D eigenvalue weighted by atomic mass is 10.1. The predicted octanol–water partition coefficient (Wildman–Crippen LogP) is 0.708. The zero-order valence-corrected chi connectivity index (χ0v) is 10.8. The van der Waals surface area contributed by atoms with Gasteiger partial charge in [-0.2, -0.15) is 0 Å². The largest absolute Gasteiger partial charge is 0.486 e. The van der Waals surface area contributed by atoms with E-state index in [1.165, 1.54) is 0 Å². The highest BCUT2D eigenvalue weighted by molar-refractivity contribution is 5.44. The average Bonchev–Trinajstić information content (AvgIpc) is 2.46. The molecule has 1 aromatic rings. The number of benzene rings is 1. The van der Waals surface area contributed by atoms with Gasteiger partial charge in [-0.1, -0.05) is 6.07 Å². The van der Waals surface area contributed by atoms with Gasteiger partial charge in [0.25, 0.3) is 5.92 Å². The summed E-state index contributed by atoms with van der Waals surface area (Å²) >= 11 is 0. The second kappa shape index (κ2) is 6.34. The third-order valence-electron chi connectivity index (χ3n) is 2.90. The minimum absolute atomic E-state index is 0.0464. The van der Waals surface area contributed by atoms with E-state index in [1.807, 2.05) is 0 Å². The minimum Gasteiger partial charge on any atom is -0.486 e. The smallest absolute Gasteiger partial charge is 0.282 e. The summed E-state index contributed by atoms with van der Waals surface area (Å²) in [7, 11) is 0. The molecule has 1 heterocycles. The van der Waals surface area contributed by atoms with Gasteiger partial charge in [0, 0.05) is 6.54 Å². The zero-order valence-electron chi connectivity index (χ0n) is 10.8. The lowest BCUT2D eigenvalue weighted by Gasteiger charge is -2.21. The first-order valence-electron chi connectivity index (χ1n) is 6.29. The Bertz CT molecular complexity index is 456. The third kappa shape index (κ3) is 3.78. The van der Waals surface area contributed by atoms with Gasteiger partial charge < -0.3 is 25.0 Å². The summed E-state index contributed by atoms with van der Waals surface area (Å²) < 4.78 is 36.3. The van der Waals surface area contributed by atoms with Gasteiger partial charge in [0.2, 0.25) is 0 Å². The van der Waals surface area contributed by atoms with Gasteiger partial charge in [0.1, 0.15) is 19.8 Å². The maximum Gasteiger partial charge on any atom is 0.282 e. The summed E-state index contributed by atoms with van der Waals surface area (Å²) in [5, 5.41) is 20.8. The summed E-state index contributed by atoms with van der Waals surface area (Å²) in [4.78, 5) is 0. The Morgan fingerprint density at radius 2 is 1.95 bits per heavy atom. The highest BCUT2D eigenvalue weighted by Gasteiger charge is 2.27. The SMILES string of the molecule is OCC(F)(F)CNCC(O)c1ccc2c(c1)OCCO2. The fourth-order valence-corrected chi connectivity index (χ4v) is 1.83. The second-order valence-electron chi connectivity index (χ2n) is 4.56. The molecule has 0 aromatic heterocycles. The normalized spacial score (nSPS) is 16.0. The van der Waals surface area contributed by atoms with Crippen LogP contribution in [0.15, 0.2) is 18.2 Å². The number of ether oxygens (including phenoxy) is 2. The van der Waals surface area contributed by atoms with Gasteiger partial charge in [-0.15, -0.1) is 0 Å². The van der Waals surface area contributed by atoms with Crippen LogP contribution in [-0.2, 0) is 0 Å². The Morgan fingerprint density at radius 1 is 1.25 bits per heavy atom. The van der Waals surface area contributed by atoms with Crippen LogP contribution in [0.1, 0.15) is 11.7 Å². The van der Waals surface area contributed by atoms with Gasteiger partial charge in [0.15, 0.2) is 11.5 Å². The molecule has 2 rings (SSSR count). The van der Waals surface area contributed by atoms with E-state index in [4.69, 9.17) is 14.6 Å². The maximum atomic E-state index is 12.8. The fourth-order valence-electron chi connectivity index (χ4n) is 1.83. The van der Waals surface area contributed by atoms with E-state index in [9.17, 15) is 13.9 Å². The van der Waals surface area contributed by atoms with E-state index < -0.39 is 25.2 Å². The molecule has 0 saturated carbocycles. The molecule has 1 aromatic carbocycles. The molecule has 0 spiro atoms. The van der Waals surface area contributed by atoms with Crippen LogP contribution in [0.5, 0.6) is 11.5 Å². The van der Waals surface area contributed by atoms with Crippen LogP contribution in [0.25, 0.3) is 0 Å². The van der Waals surface area contributed by atoms with Gasteiger partial charge in [0.05, 0.1) is 12.6 Å². The molecule has 5 nitrogen and oxygen atoms in total. The van der Waals surface area contributed by atoms with Crippen molar-refractivity contribution in [1.29, 1.82) is 0 Å². The summed E-state index contributed by atoms with van der Waals surface area (Å²) in [6.45, 7) is -1.04. The van der Waals surface area contributed by atoms with Gasteiger partial charge in [-0.25, -0.2) is 8.78 Å². The van der Waals surface area contributed by atoms with Crippen molar-refractivity contribution in [2.24, 2.45) is 0 Å². The van der Waals surface area contributed by atoms with Crippen molar-refractivity contribution in [3.05, 3.63) is 23.8 Å². The Balaban J connectivity index is 1.91. The molecule has 7 heteroatoms. The van der Waals surface area contributed by atoms with Crippen molar-refractivity contribution in [3.8, 4) is 11.5 Å². The van der Waals surface area contributed by atoms with Crippen LogP contribution in [0.3, 0.4) is 0 Å². The Hall–Kier alpha value is -1.44. The van der Waals surface area contributed by atoms with E-state index in [0.29, 0.717) is 30.3 Å². The number of aliphatic hydroxyl groups is 2. The molecular weight excluding hydrogens is 272 g/mol. The number of alkyl halides is 2. The Kier molecular flexibility index (Phi) is 4.74. The van der Waals surface area contributed by atoms with Crippen molar-refractivity contribution >= 4 is 0 Å². The maximum absolute atomic E-state index is 12.8. The van der Waals surface area contributed by atoms with Crippen molar-refractivity contribution < 1.29 is 28.5 Å². The minimum atomic E-state index is -3.19. The van der Waals surface area contributed by atoms with Crippen molar-refractivity contribution in [2.45, 2.75) is 12.0 Å². The number of aliphatic hydroxyl groups excluding tert-OH is 2. The molecule has 1 aliphatic rings. The third-order valence-corrected chi connectivity index (χ3v) is 2.90. The van der Waals surface area contributed by atoms with Crippen molar-refractivity contribution in [3.63, 3.8) is 0 Å². The number of halogens is 2. The van der Waals surface area contributed by atoms with Crippen LogP contribution >= 0.6 is 0 Å². The molecule has 1 aliphatic heterocycles. The van der Waals surface area contributed by atoms with Gasteiger partial charge in [-0.3, -0.25) is 0 Å². The van der Waals surface area contributed by atoms with E-state index >= 15 is 0 Å². The van der Waals surface area contributed by atoms with Crippen LogP contribution in [0.2, 0.25) is 0 Å². The predicted molar refractivity (Wildman–Crippen MR) is 67.3 cm³/mol. The summed E-state index contributed by atoms with van der Waals surface area (Å²) in [6, 6.07) is 4.96. The summed E-state index contributed by atoms with van der Waals surface area (Å²) in [6.07, 6.45) is -0.944. The van der Waals surface area contributed by atoms with E-state index in [0.717, 1.165) is 0 Å². The van der Waals surface area contributed by atoms with Crippen molar-refractivity contribution in [1.82, 2.24) is 5.32 Å². The molecule has 0 radical (unpaired) electrons. The molecule has 0 bridgehead atoms. The number of fused-ring (bicyclic) bond motifs is 1. The molecule has 1 atom stereocenters. The lowest BCUT2D eigenvalue weighted by molar-refractivity contribution is -0.0488. The Labute approximate surface area is 115 Å². The molecule has 1 unspecified atom stereocenters. The quantitative estimate of drug-likeness (QED) is 0.719. The van der Waals surface area contributed by atoms with Crippen LogP contribution in [-0.4, -0.2) is 49.0 Å². The summed E-state index contributed by atoms with van der Waals surface area (Å²) in [5.74, 6) is -2.05. The summed E-state index contributed by atoms with van der Waals surface area (Å²) in [5.41, 5.74) is 0.550. The van der Waals surface area contributed by atoms with Gasteiger partial charge >= 0.3 is 0 Å². The lowest BCUT2D eigenvalue weighted by Crippen LogP contribution is -2.37. The average molecular weight is 289 g/mol. The van der Waals surface area contributed by atoms with Crippen molar-refractivity contribution in [2.75, 3.05) is 32.9 Å². The number of hydrogen-bond donors (Lipinski definition) is 3. The van der Waals surface area contributed by atoms with Crippen LogP contribution in [0, 0.1) is 0 Å². The molecule has 0 fully saturated rings. The molecule has 0 saturated heterocycles. The first-order valence-corrected chi connectivity index (χ1v) is 6.29. The number of hydrogen-bond acceptors (Lipinski definition) is 5. The monoisotopic (exact) mass is 289 g/mol. The number of rotatable bonds is 6. The standard InChI is InChI=1S/C13H17F2NO4/c14-13(15,8-17)7-16-6-10(18)9-1-2-11-12(5-9)20-4-3-19-11/h1-2,5,10,16-18H,3-4,6-8H2. The van der Waals surface area contributed by atoms with E-state index in [2.05, 4.69) is 5.32 Å². The molecule has 0 amide bonds. The molecule has 20 heavy (non-hydrogen) atoms. The van der Waals surface area contributed by atoms with Crippen LogP contribution < -0.4 is 14.8 Å². The van der Waals surface area contributed by atoms with Gasteiger partial charge in [-0.05, 0) is 17.7 Å².